The summed E-state index contributed by atoms with van der Waals surface area (Å²) in [5.41, 5.74) is 0.368. The molecule has 114 valence electrons. The standard InChI is InChI=1S/C15H12FNO5/c16-12-3-1-2-10(6-12)9-22-13-4-5-14(17(20)21)11(7-13)8-15(18)19/h1-7H,8-9H2,(H,18,19). The van der Waals surface area contributed by atoms with Gasteiger partial charge in [0, 0.05) is 11.6 Å². The number of hydrogen-bond acceptors (Lipinski definition) is 4. The molecule has 2 rings (SSSR count). The summed E-state index contributed by atoms with van der Waals surface area (Å²) < 4.78 is 18.5. The highest BCUT2D eigenvalue weighted by molar-refractivity contribution is 5.72. The third-order valence-electron chi connectivity index (χ3n) is 2.88. The quantitative estimate of drug-likeness (QED) is 0.654. The molecule has 0 saturated carbocycles. The molecule has 0 saturated heterocycles. The van der Waals surface area contributed by atoms with E-state index in [0.717, 1.165) is 0 Å². The summed E-state index contributed by atoms with van der Waals surface area (Å²) in [6, 6.07) is 9.71. The molecule has 0 radical (unpaired) electrons. The Bertz CT molecular complexity index is 717. The Morgan fingerprint density at radius 2 is 2.05 bits per heavy atom. The molecule has 6 nitrogen and oxygen atoms in total. The lowest BCUT2D eigenvalue weighted by Crippen LogP contribution is -2.04. The zero-order valence-corrected chi connectivity index (χ0v) is 11.4. The fourth-order valence-corrected chi connectivity index (χ4v) is 1.93. The van der Waals surface area contributed by atoms with Crippen molar-refractivity contribution in [2.24, 2.45) is 0 Å². The number of ether oxygens (including phenoxy) is 1. The summed E-state index contributed by atoms with van der Waals surface area (Å²) in [4.78, 5) is 21.0. The van der Waals surface area contributed by atoms with Gasteiger partial charge in [-0.25, -0.2) is 4.39 Å². The number of carbonyl (C=O) groups is 1. The van der Waals surface area contributed by atoms with E-state index in [4.69, 9.17) is 9.84 Å². The van der Waals surface area contributed by atoms with Crippen molar-refractivity contribution in [2.75, 3.05) is 0 Å². The SMILES string of the molecule is O=C(O)Cc1cc(OCc2cccc(F)c2)ccc1[N+](=O)[O-]. The molecule has 0 atom stereocenters. The first-order valence-corrected chi connectivity index (χ1v) is 6.32. The van der Waals surface area contributed by atoms with Gasteiger partial charge in [0.15, 0.2) is 0 Å². The second-order valence-corrected chi connectivity index (χ2v) is 4.54. The van der Waals surface area contributed by atoms with Crippen LogP contribution in [0.4, 0.5) is 10.1 Å². The van der Waals surface area contributed by atoms with E-state index in [1.165, 1.54) is 30.3 Å². The molecule has 7 heteroatoms. The van der Waals surface area contributed by atoms with Crippen molar-refractivity contribution >= 4 is 11.7 Å². The van der Waals surface area contributed by atoms with Crippen LogP contribution in [0.15, 0.2) is 42.5 Å². The molecule has 0 fully saturated rings. The van der Waals surface area contributed by atoms with E-state index in [1.54, 1.807) is 12.1 Å². The largest absolute Gasteiger partial charge is 0.489 e. The smallest absolute Gasteiger partial charge is 0.308 e. The molecule has 0 aliphatic heterocycles. The van der Waals surface area contributed by atoms with E-state index in [0.29, 0.717) is 5.56 Å². The third kappa shape index (κ3) is 4.02. The van der Waals surface area contributed by atoms with Crippen LogP contribution in [0.5, 0.6) is 5.75 Å². The lowest BCUT2D eigenvalue weighted by Gasteiger charge is -2.08. The Kier molecular flexibility index (Phi) is 4.67. The fourth-order valence-electron chi connectivity index (χ4n) is 1.93. The topological polar surface area (TPSA) is 89.7 Å². The zero-order chi connectivity index (χ0) is 16.1. The number of nitrogens with zero attached hydrogens (tertiary/aromatic N) is 1. The van der Waals surface area contributed by atoms with Gasteiger partial charge in [0.1, 0.15) is 18.2 Å². The second-order valence-electron chi connectivity index (χ2n) is 4.54. The van der Waals surface area contributed by atoms with Crippen LogP contribution in [0.2, 0.25) is 0 Å². The van der Waals surface area contributed by atoms with Crippen molar-refractivity contribution in [1.29, 1.82) is 0 Å². The summed E-state index contributed by atoms with van der Waals surface area (Å²) in [5, 5.41) is 19.7. The van der Waals surface area contributed by atoms with Crippen molar-refractivity contribution < 1.29 is 24.0 Å². The van der Waals surface area contributed by atoms with Crippen LogP contribution >= 0.6 is 0 Å². The van der Waals surface area contributed by atoms with Crippen LogP contribution in [0.3, 0.4) is 0 Å². The first kappa shape index (κ1) is 15.4. The Hall–Kier alpha value is -2.96. The highest BCUT2D eigenvalue weighted by atomic mass is 19.1. The van der Waals surface area contributed by atoms with Crippen molar-refractivity contribution in [3.05, 3.63) is 69.5 Å². The van der Waals surface area contributed by atoms with Crippen LogP contribution in [-0.2, 0) is 17.8 Å². The number of carboxylic acids is 1. The molecule has 0 amide bonds. The van der Waals surface area contributed by atoms with E-state index in [2.05, 4.69) is 0 Å². The molecule has 0 bridgehead atoms. The average molecular weight is 305 g/mol. The van der Waals surface area contributed by atoms with Crippen LogP contribution < -0.4 is 4.74 Å². The molecule has 1 N–H and O–H groups in total. The molecule has 0 aliphatic carbocycles. The maximum Gasteiger partial charge on any atom is 0.308 e. The maximum absolute atomic E-state index is 13.0. The molecule has 0 heterocycles. The highest BCUT2D eigenvalue weighted by Gasteiger charge is 2.17. The highest BCUT2D eigenvalue weighted by Crippen LogP contribution is 2.25. The Balaban J connectivity index is 2.17. The van der Waals surface area contributed by atoms with Gasteiger partial charge in [-0.05, 0) is 29.8 Å². The first-order valence-electron chi connectivity index (χ1n) is 6.32. The minimum Gasteiger partial charge on any atom is -0.489 e. The van der Waals surface area contributed by atoms with Crippen molar-refractivity contribution in [1.82, 2.24) is 0 Å². The van der Waals surface area contributed by atoms with E-state index >= 15 is 0 Å². The molecule has 0 spiro atoms. The van der Waals surface area contributed by atoms with Crippen molar-refractivity contribution in [3.63, 3.8) is 0 Å². The fraction of sp³-hybridized carbons (Fsp3) is 0.133. The van der Waals surface area contributed by atoms with E-state index in [-0.39, 0.29) is 23.6 Å². The summed E-state index contributed by atoms with van der Waals surface area (Å²) >= 11 is 0. The maximum atomic E-state index is 13.0. The monoisotopic (exact) mass is 305 g/mol. The molecule has 0 unspecified atom stereocenters. The van der Waals surface area contributed by atoms with Crippen LogP contribution in [0.1, 0.15) is 11.1 Å². The number of nitro benzene ring substituents is 1. The van der Waals surface area contributed by atoms with Crippen molar-refractivity contribution in [2.45, 2.75) is 13.0 Å². The van der Waals surface area contributed by atoms with E-state index in [1.807, 2.05) is 0 Å². The Morgan fingerprint density at radius 3 is 2.68 bits per heavy atom. The first-order chi connectivity index (χ1) is 10.5. The second kappa shape index (κ2) is 6.66. The average Bonchev–Trinajstić information content (AvgIpc) is 2.44. The van der Waals surface area contributed by atoms with Gasteiger partial charge in [-0.1, -0.05) is 12.1 Å². The minimum absolute atomic E-state index is 0.0502. The number of rotatable bonds is 6. The van der Waals surface area contributed by atoms with Gasteiger partial charge in [0.05, 0.1) is 11.3 Å². The third-order valence-corrected chi connectivity index (χ3v) is 2.88. The predicted octanol–water partition coefficient (Wildman–Crippen LogP) is 2.94. The van der Waals surface area contributed by atoms with Gasteiger partial charge >= 0.3 is 5.97 Å². The molecule has 0 aromatic heterocycles. The van der Waals surface area contributed by atoms with Crippen molar-refractivity contribution in [3.8, 4) is 5.75 Å². The van der Waals surface area contributed by atoms with Crippen LogP contribution in [0, 0.1) is 15.9 Å². The number of carboxylic acid groups (broad SMARTS) is 1. The molecular weight excluding hydrogens is 293 g/mol. The number of halogens is 1. The summed E-state index contributed by atoms with van der Waals surface area (Å²) in [5.74, 6) is -1.28. The summed E-state index contributed by atoms with van der Waals surface area (Å²) in [6.07, 6.45) is -0.479. The Labute approximate surface area is 124 Å². The Morgan fingerprint density at radius 1 is 1.27 bits per heavy atom. The zero-order valence-electron chi connectivity index (χ0n) is 11.4. The lowest BCUT2D eigenvalue weighted by molar-refractivity contribution is -0.385. The van der Waals surface area contributed by atoms with E-state index in [9.17, 15) is 19.3 Å². The van der Waals surface area contributed by atoms with Gasteiger partial charge in [0.2, 0.25) is 0 Å². The van der Waals surface area contributed by atoms with Crippen LogP contribution in [-0.4, -0.2) is 16.0 Å². The van der Waals surface area contributed by atoms with Crippen LogP contribution in [0.25, 0.3) is 0 Å². The normalized spacial score (nSPS) is 10.2. The van der Waals surface area contributed by atoms with Gasteiger partial charge < -0.3 is 9.84 Å². The summed E-state index contributed by atoms with van der Waals surface area (Å²) in [7, 11) is 0. The molecular formula is C15H12FNO5. The number of aliphatic carboxylic acids is 1. The number of benzene rings is 2. The van der Waals surface area contributed by atoms with E-state index < -0.39 is 23.1 Å². The summed E-state index contributed by atoms with van der Waals surface area (Å²) in [6.45, 7) is 0.0715. The number of hydrogen-bond donors (Lipinski definition) is 1. The molecule has 2 aromatic rings. The molecule has 2 aromatic carbocycles. The predicted molar refractivity (Wildman–Crippen MR) is 75.2 cm³/mol. The van der Waals surface area contributed by atoms with Gasteiger partial charge in [0.25, 0.3) is 5.69 Å². The lowest BCUT2D eigenvalue weighted by atomic mass is 10.1. The van der Waals surface area contributed by atoms with Gasteiger partial charge in [-0.15, -0.1) is 0 Å². The van der Waals surface area contributed by atoms with Gasteiger partial charge in [-0.3, -0.25) is 14.9 Å². The minimum atomic E-state index is -1.18. The molecule has 0 aliphatic rings. The molecule has 22 heavy (non-hydrogen) atoms. The van der Waals surface area contributed by atoms with Gasteiger partial charge in [-0.2, -0.15) is 0 Å². The number of nitro groups is 1.